The van der Waals surface area contributed by atoms with E-state index in [0.717, 1.165) is 47.9 Å². The highest BCUT2D eigenvalue weighted by molar-refractivity contribution is 5.86. The fraction of sp³-hybridized carbons (Fsp3) is 0.467. The minimum atomic E-state index is 0.308. The standard InChI is InChI=1S/C15H19N7/c1-9(2)13-20-12-4-3-10(7-22(12)21-13)19-15-11-5-6-16-14(11)17-8-18-15/h5-6,8-10H,3-4,7H2,1-2H3,(H2,16,17,18,19)/t10-/m1/s1. The predicted octanol–water partition coefficient (Wildman–Crippen LogP) is 2.10. The monoisotopic (exact) mass is 297 g/mol. The smallest absolute Gasteiger partial charge is 0.153 e. The van der Waals surface area contributed by atoms with E-state index < -0.39 is 0 Å². The number of fused-ring (bicyclic) bond motifs is 2. The van der Waals surface area contributed by atoms with Crippen LogP contribution in [-0.2, 0) is 13.0 Å². The molecule has 7 heteroatoms. The van der Waals surface area contributed by atoms with Crippen LogP contribution in [0.1, 0.15) is 37.8 Å². The summed E-state index contributed by atoms with van der Waals surface area (Å²) < 4.78 is 2.03. The van der Waals surface area contributed by atoms with Crippen molar-refractivity contribution >= 4 is 16.9 Å². The number of rotatable bonds is 3. The van der Waals surface area contributed by atoms with Crippen LogP contribution < -0.4 is 5.32 Å². The molecule has 4 rings (SSSR count). The summed E-state index contributed by atoms with van der Waals surface area (Å²) in [5.74, 6) is 3.27. The molecule has 0 fully saturated rings. The fourth-order valence-electron chi connectivity index (χ4n) is 2.87. The number of anilines is 1. The second kappa shape index (κ2) is 5.08. The second-order valence-corrected chi connectivity index (χ2v) is 6.07. The van der Waals surface area contributed by atoms with Gasteiger partial charge in [-0.2, -0.15) is 5.10 Å². The van der Waals surface area contributed by atoms with Gasteiger partial charge in [0.15, 0.2) is 5.82 Å². The molecule has 0 bridgehead atoms. The molecule has 22 heavy (non-hydrogen) atoms. The molecule has 1 aliphatic heterocycles. The molecule has 3 aromatic rings. The molecule has 0 radical (unpaired) electrons. The number of aryl methyl sites for hydroxylation is 1. The van der Waals surface area contributed by atoms with Crippen molar-refractivity contribution < 1.29 is 0 Å². The van der Waals surface area contributed by atoms with E-state index in [1.54, 1.807) is 6.33 Å². The van der Waals surface area contributed by atoms with E-state index in [0.29, 0.717) is 12.0 Å². The first-order chi connectivity index (χ1) is 10.7. The summed E-state index contributed by atoms with van der Waals surface area (Å²) in [5, 5.41) is 9.17. The van der Waals surface area contributed by atoms with E-state index in [2.05, 4.69) is 44.2 Å². The van der Waals surface area contributed by atoms with Crippen LogP contribution in [0.3, 0.4) is 0 Å². The molecule has 0 amide bonds. The van der Waals surface area contributed by atoms with E-state index in [4.69, 9.17) is 0 Å². The molecule has 0 spiro atoms. The van der Waals surface area contributed by atoms with Crippen molar-refractivity contribution in [3.8, 4) is 0 Å². The Bertz CT molecular complexity index is 801. The van der Waals surface area contributed by atoms with Crippen LogP contribution >= 0.6 is 0 Å². The Balaban J connectivity index is 1.56. The van der Waals surface area contributed by atoms with Crippen molar-refractivity contribution in [2.24, 2.45) is 0 Å². The summed E-state index contributed by atoms with van der Waals surface area (Å²) in [6.07, 6.45) is 5.45. The van der Waals surface area contributed by atoms with Crippen molar-refractivity contribution in [3.63, 3.8) is 0 Å². The van der Waals surface area contributed by atoms with Crippen LogP contribution in [0.2, 0.25) is 0 Å². The highest BCUT2D eigenvalue weighted by Gasteiger charge is 2.23. The van der Waals surface area contributed by atoms with Gasteiger partial charge >= 0.3 is 0 Å². The third-order valence-electron chi connectivity index (χ3n) is 4.09. The molecule has 3 aromatic heterocycles. The lowest BCUT2D eigenvalue weighted by molar-refractivity contribution is 0.439. The third kappa shape index (κ3) is 2.22. The van der Waals surface area contributed by atoms with Gasteiger partial charge in [0, 0.05) is 24.6 Å². The molecule has 0 saturated carbocycles. The molecule has 0 unspecified atom stereocenters. The van der Waals surface area contributed by atoms with Gasteiger partial charge in [0.25, 0.3) is 0 Å². The van der Waals surface area contributed by atoms with Crippen LogP contribution in [0.15, 0.2) is 18.6 Å². The Morgan fingerprint density at radius 3 is 3.14 bits per heavy atom. The first kappa shape index (κ1) is 13.2. The molecule has 0 saturated heterocycles. The Labute approximate surface area is 128 Å². The van der Waals surface area contributed by atoms with Crippen LogP contribution in [0.25, 0.3) is 11.0 Å². The Hall–Kier alpha value is -2.44. The number of hydrogen-bond acceptors (Lipinski definition) is 5. The lowest BCUT2D eigenvalue weighted by atomic mass is 10.1. The average molecular weight is 297 g/mol. The van der Waals surface area contributed by atoms with Crippen molar-refractivity contribution in [3.05, 3.63) is 30.2 Å². The number of nitrogens with zero attached hydrogens (tertiary/aromatic N) is 5. The summed E-state index contributed by atoms with van der Waals surface area (Å²) in [6, 6.07) is 2.31. The van der Waals surface area contributed by atoms with Gasteiger partial charge in [-0.15, -0.1) is 0 Å². The van der Waals surface area contributed by atoms with Gasteiger partial charge in [0.1, 0.15) is 23.6 Å². The maximum Gasteiger partial charge on any atom is 0.153 e. The van der Waals surface area contributed by atoms with E-state index >= 15 is 0 Å². The number of hydrogen-bond donors (Lipinski definition) is 2. The molecule has 114 valence electrons. The van der Waals surface area contributed by atoms with Gasteiger partial charge in [0.05, 0.1) is 11.9 Å². The quantitative estimate of drug-likeness (QED) is 0.773. The van der Waals surface area contributed by atoms with Gasteiger partial charge < -0.3 is 10.3 Å². The minimum absolute atomic E-state index is 0.308. The number of H-pyrrole nitrogens is 1. The van der Waals surface area contributed by atoms with E-state index in [1.165, 1.54) is 0 Å². The van der Waals surface area contributed by atoms with Crippen molar-refractivity contribution in [2.75, 3.05) is 5.32 Å². The van der Waals surface area contributed by atoms with Crippen molar-refractivity contribution in [2.45, 2.75) is 45.2 Å². The van der Waals surface area contributed by atoms with Crippen molar-refractivity contribution in [1.82, 2.24) is 29.7 Å². The zero-order valence-corrected chi connectivity index (χ0v) is 12.7. The average Bonchev–Trinajstić information content (AvgIpc) is 3.13. The van der Waals surface area contributed by atoms with E-state index in [-0.39, 0.29) is 0 Å². The van der Waals surface area contributed by atoms with Gasteiger partial charge in [0.2, 0.25) is 0 Å². The molecule has 0 aliphatic carbocycles. The van der Waals surface area contributed by atoms with Crippen LogP contribution in [-0.4, -0.2) is 35.8 Å². The number of nitrogens with one attached hydrogen (secondary N) is 2. The molecular formula is C15H19N7. The predicted molar refractivity (Wildman–Crippen MR) is 83.7 cm³/mol. The maximum absolute atomic E-state index is 4.63. The number of aromatic nitrogens is 6. The van der Waals surface area contributed by atoms with Gasteiger partial charge in [-0.3, -0.25) is 0 Å². The molecule has 1 atom stereocenters. The van der Waals surface area contributed by atoms with Gasteiger partial charge in [-0.25, -0.2) is 19.6 Å². The summed E-state index contributed by atoms with van der Waals surface area (Å²) in [4.78, 5) is 16.3. The number of aromatic amines is 1. The first-order valence-corrected chi connectivity index (χ1v) is 7.69. The molecule has 1 aliphatic rings. The second-order valence-electron chi connectivity index (χ2n) is 6.07. The Kier molecular flexibility index (Phi) is 3.06. The SMILES string of the molecule is CC(C)c1nc2n(n1)C[C@H](Nc1ncnc3[nH]ccc13)CC2. The fourth-order valence-corrected chi connectivity index (χ4v) is 2.87. The maximum atomic E-state index is 4.63. The summed E-state index contributed by atoms with van der Waals surface area (Å²) in [7, 11) is 0. The molecule has 4 heterocycles. The third-order valence-corrected chi connectivity index (χ3v) is 4.09. The summed E-state index contributed by atoms with van der Waals surface area (Å²) in [5.41, 5.74) is 0.858. The summed E-state index contributed by atoms with van der Waals surface area (Å²) >= 11 is 0. The molecular weight excluding hydrogens is 278 g/mol. The molecule has 0 aromatic carbocycles. The topological polar surface area (TPSA) is 84.3 Å². The highest BCUT2D eigenvalue weighted by atomic mass is 15.4. The zero-order valence-electron chi connectivity index (χ0n) is 12.7. The van der Waals surface area contributed by atoms with Gasteiger partial charge in [-0.05, 0) is 12.5 Å². The summed E-state index contributed by atoms with van der Waals surface area (Å²) in [6.45, 7) is 5.08. The Morgan fingerprint density at radius 1 is 1.36 bits per heavy atom. The lowest BCUT2D eigenvalue weighted by Crippen LogP contribution is -2.32. The Morgan fingerprint density at radius 2 is 2.27 bits per heavy atom. The van der Waals surface area contributed by atoms with E-state index in [1.807, 2.05) is 16.9 Å². The lowest BCUT2D eigenvalue weighted by Gasteiger charge is -2.24. The van der Waals surface area contributed by atoms with Gasteiger partial charge in [-0.1, -0.05) is 13.8 Å². The minimum Gasteiger partial charge on any atom is -0.365 e. The van der Waals surface area contributed by atoms with Crippen molar-refractivity contribution in [1.29, 1.82) is 0 Å². The van der Waals surface area contributed by atoms with Crippen LogP contribution in [0.5, 0.6) is 0 Å². The highest BCUT2D eigenvalue weighted by Crippen LogP contribution is 2.22. The zero-order chi connectivity index (χ0) is 15.1. The normalized spacial score (nSPS) is 17.9. The molecule has 2 N–H and O–H groups in total. The molecule has 7 nitrogen and oxygen atoms in total. The first-order valence-electron chi connectivity index (χ1n) is 7.69. The van der Waals surface area contributed by atoms with Crippen LogP contribution in [0, 0.1) is 0 Å². The largest absolute Gasteiger partial charge is 0.365 e. The van der Waals surface area contributed by atoms with Crippen LogP contribution in [0.4, 0.5) is 5.82 Å². The van der Waals surface area contributed by atoms with E-state index in [9.17, 15) is 0 Å².